The van der Waals surface area contributed by atoms with Gasteiger partial charge in [-0.1, -0.05) is 52.8 Å². The van der Waals surface area contributed by atoms with Crippen molar-refractivity contribution in [1.29, 1.82) is 0 Å². The lowest BCUT2D eigenvalue weighted by Gasteiger charge is -2.17. The van der Waals surface area contributed by atoms with Gasteiger partial charge < -0.3 is 0 Å². The van der Waals surface area contributed by atoms with E-state index in [0.717, 1.165) is 17.8 Å². The van der Waals surface area contributed by atoms with Crippen LogP contribution in [0.15, 0.2) is 23.8 Å². The molecule has 0 aliphatic heterocycles. The van der Waals surface area contributed by atoms with Gasteiger partial charge >= 0.3 is 0 Å². The second-order valence-corrected chi connectivity index (χ2v) is 5.30. The summed E-state index contributed by atoms with van der Waals surface area (Å²) in [7, 11) is 0. The molecule has 0 fully saturated rings. The van der Waals surface area contributed by atoms with Crippen molar-refractivity contribution in [1.82, 2.24) is 0 Å². The van der Waals surface area contributed by atoms with E-state index in [1.165, 1.54) is 12.0 Å². The summed E-state index contributed by atoms with van der Waals surface area (Å²) in [4.78, 5) is 0. The van der Waals surface area contributed by atoms with Gasteiger partial charge in [0.15, 0.2) is 0 Å². The molecule has 80 valence electrons. The Morgan fingerprint density at radius 3 is 2.36 bits per heavy atom. The predicted octanol–water partition coefficient (Wildman–Crippen LogP) is 4.44. The average Bonchev–Trinajstić information content (AvgIpc) is 2.26. The van der Waals surface area contributed by atoms with Crippen LogP contribution in [0, 0.1) is 23.7 Å². The third-order valence-electron chi connectivity index (χ3n) is 3.18. The zero-order valence-corrected chi connectivity index (χ0v) is 10.2. The molecule has 0 bridgehead atoms. The van der Waals surface area contributed by atoms with Crippen molar-refractivity contribution >= 4 is 0 Å². The van der Waals surface area contributed by atoms with Crippen LogP contribution < -0.4 is 0 Å². The van der Waals surface area contributed by atoms with Crippen LogP contribution in [0.25, 0.3) is 0 Å². The van der Waals surface area contributed by atoms with Crippen LogP contribution in [0.3, 0.4) is 0 Å². The maximum Gasteiger partial charge on any atom is -0.0202 e. The minimum Gasteiger partial charge on any atom is -0.0809 e. The fraction of sp³-hybridized carbons (Fsp3) is 0.714. The molecule has 0 saturated heterocycles. The smallest absolute Gasteiger partial charge is 0.0202 e. The first-order chi connectivity index (χ1) is 6.50. The molecular formula is C14H24. The highest BCUT2D eigenvalue weighted by Gasteiger charge is 2.16. The second kappa shape index (κ2) is 4.82. The van der Waals surface area contributed by atoms with Gasteiger partial charge in [0.05, 0.1) is 0 Å². The molecular weight excluding hydrogens is 168 g/mol. The molecule has 14 heavy (non-hydrogen) atoms. The van der Waals surface area contributed by atoms with E-state index in [1.807, 2.05) is 0 Å². The van der Waals surface area contributed by atoms with E-state index < -0.39 is 0 Å². The zero-order chi connectivity index (χ0) is 10.7. The molecule has 2 atom stereocenters. The van der Waals surface area contributed by atoms with Crippen molar-refractivity contribution in [2.75, 3.05) is 0 Å². The molecule has 0 heterocycles. The SMILES string of the molecule is CC1C=C(C(C)C)C=CC(C(C)C)C1. The molecule has 1 aliphatic carbocycles. The minimum absolute atomic E-state index is 0.666. The van der Waals surface area contributed by atoms with Crippen LogP contribution in [0.4, 0.5) is 0 Å². The van der Waals surface area contributed by atoms with Crippen molar-refractivity contribution < 1.29 is 0 Å². The lowest BCUT2D eigenvalue weighted by Crippen LogP contribution is -2.08. The summed E-state index contributed by atoms with van der Waals surface area (Å²) in [5, 5.41) is 0. The van der Waals surface area contributed by atoms with E-state index >= 15 is 0 Å². The molecule has 0 radical (unpaired) electrons. The van der Waals surface area contributed by atoms with Gasteiger partial charge in [-0.05, 0) is 35.7 Å². The summed E-state index contributed by atoms with van der Waals surface area (Å²) in [5.74, 6) is 2.93. The maximum absolute atomic E-state index is 2.45. The van der Waals surface area contributed by atoms with Crippen LogP contribution in [-0.4, -0.2) is 0 Å². The first-order valence-corrected chi connectivity index (χ1v) is 5.90. The first kappa shape index (κ1) is 11.6. The number of hydrogen-bond donors (Lipinski definition) is 0. The number of hydrogen-bond acceptors (Lipinski definition) is 0. The highest BCUT2D eigenvalue weighted by atomic mass is 14.2. The normalized spacial score (nSPS) is 28.1. The van der Waals surface area contributed by atoms with E-state index in [-0.39, 0.29) is 0 Å². The fourth-order valence-corrected chi connectivity index (χ4v) is 2.07. The quantitative estimate of drug-likeness (QED) is 0.607. The summed E-state index contributed by atoms with van der Waals surface area (Å²) in [6.07, 6.45) is 8.52. The summed E-state index contributed by atoms with van der Waals surface area (Å²) in [6, 6.07) is 0. The Labute approximate surface area is 89.1 Å². The van der Waals surface area contributed by atoms with Gasteiger partial charge in [0.2, 0.25) is 0 Å². The Morgan fingerprint density at radius 1 is 1.21 bits per heavy atom. The molecule has 1 aliphatic rings. The topological polar surface area (TPSA) is 0 Å². The van der Waals surface area contributed by atoms with Crippen LogP contribution in [0.2, 0.25) is 0 Å². The zero-order valence-electron chi connectivity index (χ0n) is 10.2. The van der Waals surface area contributed by atoms with E-state index in [1.54, 1.807) is 0 Å². The van der Waals surface area contributed by atoms with Crippen molar-refractivity contribution in [2.45, 2.75) is 41.0 Å². The first-order valence-electron chi connectivity index (χ1n) is 5.90. The molecule has 0 nitrogen and oxygen atoms in total. The maximum atomic E-state index is 2.45. The van der Waals surface area contributed by atoms with Crippen molar-refractivity contribution in [3.63, 3.8) is 0 Å². The number of allylic oxidation sites excluding steroid dienone is 4. The third-order valence-corrected chi connectivity index (χ3v) is 3.18. The van der Waals surface area contributed by atoms with Crippen LogP contribution in [0.5, 0.6) is 0 Å². The second-order valence-electron chi connectivity index (χ2n) is 5.30. The molecule has 0 heteroatoms. The van der Waals surface area contributed by atoms with Crippen molar-refractivity contribution in [3.8, 4) is 0 Å². The van der Waals surface area contributed by atoms with Gasteiger partial charge in [0.1, 0.15) is 0 Å². The number of rotatable bonds is 2. The highest BCUT2D eigenvalue weighted by Crippen LogP contribution is 2.28. The van der Waals surface area contributed by atoms with E-state index in [9.17, 15) is 0 Å². The fourth-order valence-electron chi connectivity index (χ4n) is 2.07. The van der Waals surface area contributed by atoms with Gasteiger partial charge in [-0.25, -0.2) is 0 Å². The van der Waals surface area contributed by atoms with Crippen LogP contribution in [0.1, 0.15) is 41.0 Å². The van der Waals surface area contributed by atoms with Gasteiger partial charge in [0.25, 0.3) is 0 Å². The molecule has 0 aromatic carbocycles. The molecule has 1 rings (SSSR count). The summed E-state index contributed by atoms with van der Waals surface area (Å²) < 4.78 is 0. The lowest BCUT2D eigenvalue weighted by atomic mass is 9.88. The molecule has 0 aromatic heterocycles. The Kier molecular flexibility index (Phi) is 3.97. The van der Waals surface area contributed by atoms with Gasteiger partial charge in [-0.2, -0.15) is 0 Å². The minimum atomic E-state index is 0.666. The van der Waals surface area contributed by atoms with Crippen LogP contribution in [-0.2, 0) is 0 Å². The lowest BCUT2D eigenvalue weighted by molar-refractivity contribution is 0.400. The molecule has 0 spiro atoms. The van der Waals surface area contributed by atoms with Crippen molar-refractivity contribution in [2.24, 2.45) is 23.7 Å². The Morgan fingerprint density at radius 2 is 1.86 bits per heavy atom. The standard InChI is InChI=1S/C14H24/c1-10(2)13-6-7-14(11(3)4)9-12(5)8-13/h6-8,10-12,14H,9H2,1-5H3. The van der Waals surface area contributed by atoms with Crippen molar-refractivity contribution in [3.05, 3.63) is 23.8 Å². The monoisotopic (exact) mass is 192 g/mol. The van der Waals surface area contributed by atoms with Crippen LogP contribution >= 0.6 is 0 Å². The molecule has 0 N–H and O–H groups in total. The predicted molar refractivity (Wildman–Crippen MR) is 64.2 cm³/mol. The summed E-state index contributed by atoms with van der Waals surface area (Å²) >= 11 is 0. The molecule has 0 aromatic rings. The van der Waals surface area contributed by atoms with Gasteiger partial charge in [0, 0.05) is 0 Å². The Hall–Kier alpha value is -0.520. The largest absolute Gasteiger partial charge is 0.0809 e. The van der Waals surface area contributed by atoms with E-state index in [2.05, 4.69) is 52.8 Å². The molecule has 0 saturated carbocycles. The summed E-state index contributed by atoms with van der Waals surface area (Å²) in [5.41, 5.74) is 1.51. The highest BCUT2D eigenvalue weighted by molar-refractivity contribution is 5.24. The third kappa shape index (κ3) is 3.01. The Bertz CT molecular complexity index is 230. The van der Waals surface area contributed by atoms with E-state index in [4.69, 9.17) is 0 Å². The molecule has 0 amide bonds. The average molecular weight is 192 g/mol. The van der Waals surface area contributed by atoms with Gasteiger partial charge in [-0.3, -0.25) is 0 Å². The van der Waals surface area contributed by atoms with Gasteiger partial charge in [-0.15, -0.1) is 0 Å². The van der Waals surface area contributed by atoms with E-state index in [0.29, 0.717) is 5.92 Å². The molecule has 2 unspecified atom stereocenters. The Balaban J connectivity index is 2.78. The summed E-state index contributed by atoms with van der Waals surface area (Å²) in [6.45, 7) is 11.5.